The fourth-order valence-electron chi connectivity index (χ4n) is 2.32. The summed E-state index contributed by atoms with van der Waals surface area (Å²) in [6.07, 6.45) is 0. The fourth-order valence-corrected chi connectivity index (χ4v) is 4.22. The Kier molecular flexibility index (Phi) is 5.16. The van der Waals surface area contributed by atoms with Gasteiger partial charge in [-0.1, -0.05) is 0 Å². The predicted molar refractivity (Wildman–Crippen MR) is 90.5 cm³/mol. The Morgan fingerprint density at radius 3 is 2.80 bits per heavy atom. The van der Waals surface area contributed by atoms with E-state index in [0.29, 0.717) is 4.75 Å². The van der Waals surface area contributed by atoms with Crippen LogP contribution >= 0.6 is 23.1 Å². The first-order valence-electron chi connectivity index (χ1n) is 7.28. The maximum atomic E-state index is 4.76. The highest BCUT2D eigenvalue weighted by atomic mass is 32.2. The zero-order valence-electron chi connectivity index (χ0n) is 13.3. The van der Waals surface area contributed by atoms with Crippen LogP contribution in [0.5, 0.6) is 0 Å². The molecule has 0 bridgehead atoms. The minimum atomic E-state index is 0.153. The van der Waals surface area contributed by atoms with Crippen molar-refractivity contribution >= 4 is 23.1 Å². The van der Waals surface area contributed by atoms with E-state index in [1.165, 1.54) is 23.0 Å². The molecule has 0 aromatic carbocycles. The molecule has 0 atom stereocenters. The molecule has 3 nitrogen and oxygen atoms in total. The number of rotatable bonds is 4. The van der Waals surface area contributed by atoms with Gasteiger partial charge in [-0.3, -0.25) is 4.90 Å². The van der Waals surface area contributed by atoms with E-state index in [4.69, 9.17) is 4.98 Å². The molecule has 0 aliphatic carbocycles. The molecule has 1 saturated heterocycles. The number of hydrogen-bond acceptors (Lipinski definition) is 5. The lowest BCUT2D eigenvalue weighted by molar-refractivity contribution is 0.250. The van der Waals surface area contributed by atoms with Gasteiger partial charge in [0.2, 0.25) is 0 Å². The number of hydrogen-bond donors (Lipinski definition) is 1. The van der Waals surface area contributed by atoms with Crippen LogP contribution in [0.3, 0.4) is 0 Å². The molecular formula is C15H27N3S2. The molecule has 0 unspecified atom stereocenters. The molecule has 0 amide bonds. The van der Waals surface area contributed by atoms with E-state index in [9.17, 15) is 0 Å². The molecule has 0 spiro atoms. The van der Waals surface area contributed by atoms with Crippen molar-refractivity contribution < 1.29 is 0 Å². The van der Waals surface area contributed by atoms with Crippen LogP contribution in [0.1, 0.15) is 45.3 Å². The number of nitrogens with one attached hydrogen (secondary N) is 1. The summed E-state index contributed by atoms with van der Waals surface area (Å²) in [6.45, 7) is 15.4. The second-order valence-corrected chi connectivity index (χ2v) is 9.90. The largest absolute Gasteiger partial charge is 0.306 e. The molecule has 2 heterocycles. The lowest BCUT2D eigenvalue weighted by atomic mass is 10.1. The van der Waals surface area contributed by atoms with E-state index < -0.39 is 0 Å². The number of thioether (sulfide) groups is 1. The maximum Gasteiger partial charge on any atom is 0.107 e. The molecular weight excluding hydrogens is 286 g/mol. The van der Waals surface area contributed by atoms with E-state index >= 15 is 0 Å². The third kappa shape index (κ3) is 5.35. The van der Waals surface area contributed by atoms with Crippen molar-refractivity contribution in [3.05, 3.63) is 16.1 Å². The summed E-state index contributed by atoms with van der Waals surface area (Å²) in [5, 5.41) is 6.91. The molecule has 1 aromatic rings. The molecule has 0 saturated carbocycles. The van der Waals surface area contributed by atoms with Gasteiger partial charge in [0, 0.05) is 47.6 Å². The summed E-state index contributed by atoms with van der Waals surface area (Å²) >= 11 is 3.85. The van der Waals surface area contributed by atoms with E-state index in [0.717, 1.165) is 19.6 Å². The highest BCUT2D eigenvalue weighted by molar-refractivity contribution is 8.00. The third-order valence-corrected chi connectivity index (χ3v) is 5.45. The van der Waals surface area contributed by atoms with Crippen LogP contribution in [-0.2, 0) is 13.1 Å². The first kappa shape index (κ1) is 16.3. The summed E-state index contributed by atoms with van der Waals surface area (Å²) in [7, 11) is 0. The highest BCUT2D eigenvalue weighted by Crippen LogP contribution is 2.30. The van der Waals surface area contributed by atoms with Crippen LogP contribution < -0.4 is 5.32 Å². The smallest absolute Gasteiger partial charge is 0.107 e. The Hall–Kier alpha value is -0.100. The molecule has 20 heavy (non-hydrogen) atoms. The normalized spacial score (nSPS) is 20.2. The standard InChI is InChI=1S/C15H27N3S2/c1-14(2,3)16-8-13-17-12(10-19-13)9-18-6-7-20-15(4,5)11-18/h10,16H,6-9,11H2,1-5H3. The predicted octanol–water partition coefficient (Wildman–Crippen LogP) is 3.36. The van der Waals surface area contributed by atoms with Crippen LogP contribution in [-0.4, -0.2) is 39.0 Å². The van der Waals surface area contributed by atoms with E-state index in [-0.39, 0.29) is 5.54 Å². The molecule has 114 valence electrons. The molecule has 1 N–H and O–H groups in total. The molecule has 1 aliphatic rings. The minimum Gasteiger partial charge on any atom is -0.306 e. The molecule has 1 aromatic heterocycles. The Balaban J connectivity index is 1.86. The van der Waals surface area contributed by atoms with E-state index in [1.54, 1.807) is 11.3 Å². The van der Waals surface area contributed by atoms with Crippen molar-refractivity contribution in [2.45, 2.75) is 58.0 Å². The number of thiazole rings is 1. The molecule has 1 fully saturated rings. The van der Waals surface area contributed by atoms with Crippen molar-refractivity contribution in [2.24, 2.45) is 0 Å². The fraction of sp³-hybridized carbons (Fsp3) is 0.800. The van der Waals surface area contributed by atoms with Gasteiger partial charge in [-0.2, -0.15) is 11.8 Å². The van der Waals surface area contributed by atoms with Crippen LogP contribution in [0.2, 0.25) is 0 Å². The van der Waals surface area contributed by atoms with Crippen LogP contribution in [0.15, 0.2) is 5.38 Å². The van der Waals surface area contributed by atoms with Crippen molar-refractivity contribution in [1.29, 1.82) is 0 Å². The average Bonchev–Trinajstić information content (AvgIpc) is 2.72. The van der Waals surface area contributed by atoms with Gasteiger partial charge in [-0.15, -0.1) is 11.3 Å². The number of aromatic nitrogens is 1. The second-order valence-electron chi connectivity index (χ2n) is 7.15. The minimum absolute atomic E-state index is 0.153. The summed E-state index contributed by atoms with van der Waals surface area (Å²) in [5.74, 6) is 1.23. The zero-order chi connectivity index (χ0) is 14.8. The van der Waals surface area contributed by atoms with Crippen LogP contribution in [0.4, 0.5) is 0 Å². The number of nitrogens with zero attached hydrogens (tertiary/aromatic N) is 2. The monoisotopic (exact) mass is 313 g/mol. The maximum absolute atomic E-state index is 4.76. The lowest BCUT2D eigenvalue weighted by Gasteiger charge is -2.37. The Bertz CT molecular complexity index is 435. The molecule has 2 rings (SSSR count). The summed E-state index contributed by atoms with van der Waals surface area (Å²) in [4.78, 5) is 7.30. The van der Waals surface area contributed by atoms with Crippen molar-refractivity contribution in [3.8, 4) is 0 Å². The first-order chi connectivity index (χ1) is 9.23. The molecule has 0 radical (unpaired) electrons. The molecule has 1 aliphatic heterocycles. The van der Waals surface area contributed by atoms with E-state index in [2.05, 4.69) is 62.0 Å². The summed E-state index contributed by atoms with van der Waals surface area (Å²) in [5.41, 5.74) is 1.38. The van der Waals surface area contributed by atoms with Gasteiger partial charge >= 0.3 is 0 Å². The van der Waals surface area contributed by atoms with E-state index in [1.807, 2.05) is 0 Å². The summed E-state index contributed by atoms with van der Waals surface area (Å²) < 4.78 is 0.380. The van der Waals surface area contributed by atoms with Crippen molar-refractivity contribution in [3.63, 3.8) is 0 Å². The SMILES string of the molecule is CC(C)(C)NCc1nc(CN2CCSC(C)(C)C2)cs1. The van der Waals surface area contributed by atoms with Gasteiger partial charge in [0.05, 0.1) is 5.69 Å². The van der Waals surface area contributed by atoms with Crippen LogP contribution in [0, 0.1) is 0 Å². The van der Waals surface area contributed by atoms with Gasteiger partial charge in [0.15, 0.2) is 0 Å². The van der Waals surface area contributed by atoms with Gasteiger partial charge in [-0.25, -0.2) is 4.98 Å². The lowest BCUT2D eigenvalue weighted by Crippen LogP contribution is -2.42. The highest BCUT2D eigenvalue weighted by Gasteiger charge is 2.27. The molecule has 5 heteroatoms. The van der Waals surface area contributed by atoms with Crippen LogP contribution in [0.25, 0.3) is 0 Å². The second kappa shape index (κ2) is 6.34. The van der Waals surface area contributed by atoms with Gasteiger partial charge in [0.1, 0.15) is 5.01 Å². The first-order valence-corrected chi connectivity index (χ1v) is 9.15. The zero-order valence-corrected chi connectivity index (χ0v) is 15.0. The topological polar surface area (TPSA) is 28.2 Å². The summed E-state index contributed by atoms with van der Waals surface area (Å²) in [6, 6.07) is 0. The van der Waals surface area contributed by atoms with Gasteiger partial charge in [0.25, 0.3) is 0 Å². The third-order valence-electron chi connectivity index (χ3n) is 3.26. The van der Waals surface area contributed by atoms with Gasteiger partial charge < -0.3 is 5.32 Å². The van der Waals surface area contributed by atoms with Crippen molar-refractivity contribution in [2.75, 3.05) is 18.8 Å². The Labute approximate surface area is 131 Å². The van der Waals surface area contributed by atoms with Gasteiger partial charge in [-0.05, 0) is 34.6 Å². The Morgan fingerprint density at radius 2 is 2.15 bits per heavy atom. The Morgan fingerprint density at radius 1 is 1.40 bits per heavy atom. The average molecular weight is 314 g/mol. The quantitative estimate of drug-likeness (QED) is 0.922. The van der Waals surface area contributed by atoms with Crippen molar-refractivity contribution in [1.82, 2.24) is 15.2 Å².